The SMILES string of the molecule is CC(C)(C)[Si](C)(C)OCCOCCOCCOCCOCCOCCOCCOCCOCCOCCOCCOCCO[Si](C)(C)C. The average molecular weight is 733 g/mol. The molecule has 48 heavy (non-hydrogen) atoms. The van der Waals surface area contributed by atoms with Gasteiger partial charge in [0.2, 0.25) is 0 Å². The van der Waals surface area contributed by atoms with Crippen molar-refractivity contribution in [3.05, 3.63) is 0 Å². The molecule has 290 valence electrons. The van der Waals surface area contributed by atoms with Crippen molar-refractivity contribution in [3.8, 4) is 0 Å². The summed E-state index contributed by atoms with van der Waals surface area (Å²) in [7, 11) is -3.15. The lowest BCUT2D eigenvalue weighted by atomic mass is 10.2. The Morgan fingerprint density at radius 1 is 0.271 bits per heavy atom. The second-order valence-electron chi connectivity index (χ2n) is 13.3. The third-order valence-corrected chi connectivity index (χ3v) is 12.6. The first-order valence-electron chi connectivity index (χ1n) is 17.6. The number of rotatable bonds is 38. The Hall–Kier alpha value is -0.0862. The molecule has 0 rings (SSSR count). The minimum atomic E-state index is -1.70. The molecule has 0 fully saturated rings. The van der Waals surface area contributed by atoms with Crippen LogP contribution in [0.1, 0.15) is 20.8 Å². The Morgan fingerprint density at radius 2 is 0.438 bits per heavy atom. The van der Waals surface area contributed by atoms with Gasteiger partial charge in [0.1, 0.15) is 0 Å². The van der Waals surface area contributed by atoms with E-state index in [2.05, 4.69) is 53.5 Å². The minimum Gasteiger partial charge on any atom is -0.415 e. The fourth-order valence-corrected chi connectivity index (χ4v) is 5.00. The van der Waals surface area contributed by atoms with E-state index in [0.717, 1.165) is 0 Å². The summed E-state index contributed by atoms with van der Waals surface area (Å²) in [5.41, 5.74) is 0. The molecule has 0 spiro atoms. The van der Waals surface area contributed by atoms with Gasteiger partial charge in [-0.2, -0.15) is 0 Å². The predicted molar refractivity (Wildman–Crippen MR) is 191 cm³/mol. The van der Waals surface area contributed by atoms with Crippen LogP contribution in [0, 0.1) is 0 Å². The zero-order chi connectivity index (χ0) is 35.7. The molecule has 0 N–H and O–H groups in total. The maximum Gasteiger partial charge on any atom is 0.192 e. The molecule has 13 nitrogen and oxygen atoms in total. The van der Waals surface area contributed by atoms with Crippen molar-refractivity contribution < 1.29 is 61.0 Å². The van der Waals surface area contributed by atoms with Crippen LogP contribution in [0.25, 0.3) is 0 Å². The van der Waals surface area contributed by atoms with Gasteiger partial charge < -0.3 is 61.0 Å². The highest BCUT2D eigenvalue weighted by atomic mass is 28.4. The van der Waals surface area contributed by atoms with Gasteiger partial charge in [-0.3, -0.25) is 0 Å². The lowest BCUT2D eigenvalue weighted by molar-refractivity contribution is -0.0280. The highest BCUT2D eigenvalue weighted by Crippen LogP contribution is 2.36. The molecule has 0 unspecified atom stereocenters. The van der Waals surface area contributed by atoms with Crippen LogP contribution in [-0.2, 0) is 61.0 Å². The summed E-state index contributed by atoms with van der Waals surface area (Å²) in [6.45, 7) is 30.7. The topological polar surface area (TPSA) is 120 Å². The Labute approximate surface area is 294 Å². The molecule has 0 aromatic carbocycles. The van der Waals surface area contributed by atoms with Crippen LogP contribution in [0.5, 0.6) is 0 Å². The van der Waals surface area contributed by atoms with Gasteiger partial charge in [-0.1, -0.05) is 20.8 Å². The van der Waals surface area contributed by atoms with E-state index < -0.39 is 16.6 Å². The van der Waals surface area contributed by atoms with Crippen molar-refractivity contribution in [3.63, 3.8) is 0 Å². The van der Waals surface area contributed by atoms with E-state index in [1.165, 1.54) is 0 Å². The summed E-state index contributed by atoms with van der Waals surface area (Å²) in [5.74, 6) is 0. The van der Waals surface area contributed by atoms with E-state index >= 15 is 0 Å². The number of ether oxygens (including phenoxy) is 11. The maximum atomic E-state index is 6.08. The fourth-order valence-electron chi connectivity index (χ4n) is 3.28. The molecule has 0 radical (unpaired) electrons. The molecule has 0 aromatic rings. The summed E-state index contributed by atoms with van der Waals surface area (Å²) in [6, 6.07) is 0. The molecular weight excluding hydrogens is 661 g/mol. The lowest BCUT2D eigenvalue weighted by Gasteiger charge is -2.36. The van der Waals surface area contributed by atoms with Crippen molar-refractivity contribution in [1.29, 1.82) is 0 Å². The largest absolute Gasteiger partial charge is 0.415 e. The average Bonchev–Trinajstić information content (AvgIpc) is 3.01. The van der Waals surface area contributed by atoms with E-state index in [1.807, 2.05) is 0 Å². The normalized spacial score (nSPS) is 12.8. The van der Waals surface area contributed by atoms with Gasteiger partial charge in [-0.15, -0.1) is 0 Å². The van der Waals surface area contributed by atoms with Gasteiger partial charge in [0, 0.05) is 0 Å². The molecule has 0 aliphatic rings. The van der Waals surface area contributed by atoms with E-state index in [-0.39, 0.29) is 5.04 Å². The van der Waals surface area contributed by atoms with Gasteiger partial charge in [-0.05, 0) is 37.8 Å². The third kappa shape index (κ3) is 35.7. The zero-order valence-corrected chi connectivity index (χ0v) is 33.8. The van der Waals surface area contributed by atoms with Crippen molar-refractivity contribution in [2.45, 2.75) is 58.5 Å². The predicted octanol–water partition coefficient (Wildman–Crippen LogP) is 4.04. The number of hydrogen-bond donors (Lipinski definition) is 0. The van der Waals surface area contributed by atoms with E-state index in [4.69, 9.17) is 61.0 Å². The molecule has 0 aliphatic heterocycles. The van der Waals surface area contributed by atoms with Crippen LogP contribution in [0.4, 0.5) is 0 Å². The van der Waals surface area contributed by atoms with Crippen LogP contribution in [-0.4, -0.2) is 175 Å². The smallest absolute Gasteiger partial charge is 0.192 e. The summed E-state index contributed by atoms with van der Waals surface area (Å²) in [5, 5.41) is 0.217. The molecular formula is C33H72O13Si2. The summed E-state index contributed by atoms with van der Waals surface area (Å²) in [4.78, 5) is 0. The van der Waals surface area contributed by atoms with Gasteiger partial charge in [-0.25, -0.2) is 0 Å². The van der Waals surface area contributed by atoms with Crippen LogP contribution < -0.4 is 0 Å². The first-order chi connectivity index (χ1) is 23.0. The number of hydrogen-bond acceptors (Lipinski definition) is 13. The molecule has 0 saturated carbocycles. The summed E-state index contributed by atoms with van der Waals surface area (Å²) in [6.07, 6.45) is 0. The monoisotopic (exact) mass is 732 g/mol. The van der Waals surface area contributed by atoms with Crippen molar-refractivity contribution in [1.82, 2.24) is 0 Å². The molecule has 0 amide bonds. The Kier molecular flexibility index (Phi) is 32.7. The minimum absolute atomic E-state index is 0.217. The van der Waals surface area contributed by atoms with Crippen LogP contribution in [0.3, 0.4) is 0 Å². The molecule has 15 heteroatoms. The molecule has 0 atom stereocenters. The first-order valence-corrected chi connectivity index (χ1v) is 23.9. The zero-order valence-electron chi connectivity index (χ0n) is 31.8. The third-order valence-electron chi connectivity index (χ3n) is 6.98. The molecule has 0 aromatic heterocycles. The van der Waals surface area contributed by atoms with E-state index in [1.54, 1.807) is 0 Å². The lowest BCUT2D eigenvalue weighted by Crippen LogP contribution is -2.41. The molecule has 0 bridgehead atoms. The first kappa shape index (κ1) is 47.9. The Morgan fingerprint density at radius 3 is 0.604 bits per heavy atom. The Balaban J connectivity index is 3.13. The van der Waals surface area contributed by atoms with Crippen molar-refractivity contribution >= 4 is 16.6 Å². The van der Waals surface area contributed by atoms with Crippen LogP contribution in [0.15, 0.2) is 0 Å². The van der Waals surface area contributed by atoms with Gasteiger partial charge in [0.15, 0.2) is 16.6 Å². The van der Waals surface area contributed by atoms with E-state index in [0.29, 0.717) is 159 Å². The highest BCUT2D eigenvalue weighted by molar-refractivity contribution is 6.74. The molecule has 0 aliphatic carbocycles. The Bertz CT molecular complexity index is 664. The fraction of sp³-hybridized carbons (Fsp3) is 1.00. The standard InChI is InChI=1S/C33H72O13Si2/c1-33(2,3)48(7,8)46-32-30-44-28-26-42-24-22-40-20-18-38-16-14-36-12-10-34-9-11-35-13-15-37-17-19-39-21-23-41-25-27-43-29-31-45-47(4,5)6/h9-32H2,1-8H3. The van der Waals surface area contributed by atoms with E-state index in [9.17, 15) is 0 Å². The van der Waals surface area contributed by atoms with Crippen LogP contribution >= 0.6 is 0 Å². The van der Waals surface area contributed by atoms with Gasteiger partial charge in [0.25, 0.3) is 0 Å². The summed E-state index contributed by atoms with van der Waals surface area (Å²) >= 11 is 0. The van der Waals surface area contributed by atoms with Crippen molar-refractivity contribution in [2.24, 2.45) is 0 Å². The van der Waals surface area contributed by atoms with Crippen LogP contribution in [0.2, 0.25) is 37.8 Å². The maximum absolute atomic E-state index is 6.08. The second kappa shape index (κ2) is 32.8. The van der Waals surface area contributed by atoms with Crippen molar-refractivity contribution in [2.75, 3.05) is 159 Å². The van der Waals surface area contributed by atoms with Gasteiger partial charge >= 0.3 is 0 Å². The summed E-state index contributed by atoms with van der Waals surface area (Å²) < 4.78 is 72.3. The molecule has 0 heterocycles. The molecule has 0 saturated heterocycles. The van der Waals surface area contributed by atoms with Gasteiger partial charge in [0.05, 0.1) is 159 Å². The quantitative estimate of drug-likeness (QED) is 0.0672. The second-order valence-corrected chi connectivity index (χ2v) is 22.6. The highest BCUT2D eigenvalue weighted by Gasteiger charge is 2.36.